The van der Waals surface area contributed by atoms with E-state index in [0.717, 1.165) is 4.47 Å². The Labute approximate surface area is 133 Å². The van der Waals surface area contributed by atoms with E-state index >= 15 is 0 Å². The molecule has 0 aliphatic carbocycles. The minimum Gasteiger partial charge on any atom is -0.495 e. The second kappa shape index (κ2) is 5.73. The number of methoxy groups -OCH3 is 1. The number of piperazine rings is 1. The number of nitrogens with one attached hydrogen (secondary N) is 1. The van der Waals surface area contributed by atoms with E-state index in [1.54, 1.807) is 33.1 Å². The van der Waals surface area contributed by atoms with E-state index in [1.165, 1.54) is 4.90 Å². The summed E-state index contributed by atoms with van der Waals surface area (Å²) in [6.45, 7) is 3.36. The molecule has 2 rings (SSSR count). The van der Waals surface area contributed by atoms with Crippen molar-refractivity contribution in [2.75, 3.05) is 12.0 Å². The van der Waals surface area contributed by atoms with Crippen LogP contribution in [0.5, 0.6) is 5.75 Å². The molecule has 1 heterocycles. The Morgan fingerprint density at radius 3 is 2.45 bits per heavy atom. The van der Waals surface area contributed by atoms with Crippen molar-refractivity contribution in [3.8, 4) is 5.75 Å². The quantitative estimate of drug-likeness (QED) is 0.822. The summed E-state index contributed by atoms with van der Waals surface area (Å²) in [5.74, 6) is 0.273. The third-order valence-electron chi connectivity index (χ3n) is 3.21. The molecule has 0 aromatic heterocycles. The van der Waals surface area contributed by atoms with Gasteiger partial charge in [0.05, 0.1) is 17.3 Å². The number of carbonyl (C=O) groups excluding carboxylic acids is 2. The molecule has 7 heteroatoms. The van der Waals surface area contributed by atoms with Crippen molar-refractivity contribution in [2.45, 2.75) is 25.9 Å². The topological polar surface area (TPSA) is 58.6 Å². The molecule has 1 N–H and O–H groups in total. The van der Waals surface area contributed by atoms with E-state index < -0.39 is 12.1 Å². The predicted molar refractivity (Wildman–Crippen MR) is 82.9 cm³/mol. The van der Waals surface area contributed by atoms with Crippen LogP contribution in [-0.2, 0) is 9.59 Å². The van der Waals surface area contributed by atoms with Gasteiger partial charge in [-0.2, -0.15) is 0 Å². The van der Waals surface area contributed by atoms with Gasteiger partial charge < -0.3 is 10.1 Å². The molecule has 1 aromatic rings. The summed E-state index contributed by atoms with van der Waals surface area (Å²) in [6, 6.07) is 2.42. The first kappa shape index (κ1) is 15.3. The zero-order chi connectivity index (χ0) is 15.0. The molecule has 2 unspecified atom stereocenters. The molecule has 1 saturated heterocycles. The van der Waals surface area contributed by atoms with Gasteiger partial charge in [-0.15, -0.1) is 0 Å². The summed E-state index contributed by atoms with van der Waals surface area (Å²) in [6.07, 6.45) is 0. The Balaban J connectivity index is 2.53. The Hall–Kier alpha value is -1.08. The van der Waals surface area contributed by atoms with Crippen LogP contribution < -0.4 is 15.0 Å². The number of amides is 2. The maximum atomic E-state index is 12.4. The van der Waals surface area contributed by atoms with Crippen LogP contribution in [0.3, 0.4) is 0 Å². The number of anilines is 1. The van der Waals surface area contributed by atoms with Crippen LogP contribution in [0.2, 0.25) is 0 Å². The first-order valence-electron chi connectivity index (χ1n) is 6.03. The average molecular weight is 406 g/mol. The summed E-state index contributed by atoms with van der Waals surface area (Å²) < 4.78 is 6.73. The van der Waals surface area contributed by atoms with Gasteiger partial charge in [0.2, 0.25) is 11.8 Å². The Bertz CT molecular complexity index is 577. The Kier molecular flexibility index (Phi) is 4.39. The molecule has 1 aliphatic rings. The highest BCUT2D eigenvalue weighted by Crippen LogP contribution is 2.38. The third-order valence-corrected chi connectivity index (χ3v) is 4.47. The van der Waals surface area contributed by atoms with Gasteiger partial charge in [0.25, 0.3) is 0 Å². The van der Waals surface area contributed by atoms with Crippen LogP contribution in [0.1, 0.15) is 13.8 Å². The predicted octanol–water partition coefficient (Wildman–Crippen LogP) is 2.46. The second-order valence-electron chi connectivity index (χ2n) is 4.55. The van der Waals surface area contributed by atoms with Crippen LogP contribution in [0, 0.1) is 0 Å². The highest BCUT2D eigenvalue weighted by molar-refractivity contribution is 9.11. The first-order chi connectivity index (χ1) is 9.36. The number of ether oxygens (including phenoxy) is 1. The van der Waals surface area contributed by atoms with Gasteiger partial charge in [0.1, 0.15) is 17.8 Å². The molecule has 0 bridgehead atoms. The van der Waals surface area contributed by atoms with Gasteiger partial charge in [-0.05, 0) is 51.8 Å². The first-order valence-corrected chi connectivity index (χ1v) is 7.62. The molecule has 2 amide bonds. The van der Waals surface area contributed by atoms with E-state index in [-0.39, 0.29) is 11.8 Å². The number of hydrogen-bond acceptors (Lipinski definition) is 3. The van der Waals surface area contributed by atoms with E-state index in [1.807, 2.05) is 0 Å². The summed E-state index contributed by atoms with van der Waals surface area (Å²) in [4.78, 5) is 25.8. The fourth-order valence-electron chi connectivity index (χ4n) is 2.10. The molecule has 0 spiro atoms. The zero-order valence-electron chi connectivity index (χ0n) is 11.2. The maximum Gasteiger partial charge on any atom is 0.250 e. The highest BCUT2D eigenvalue weighted by atomic mass is 79.9. The second-order valence-corrected chi connectivity index (χ2v) is 6.26. The molecule has 20 heavy (non-hydrogen) atoms. The molecule has 1 aromatic carbocycles. The molecular weight excluding hydrogens is 392 g/mol. The molecular formula is C13H14Br2N2O3. The van der Waals surface area contributed by atoms with Crippen LogP contribution in [0.25, 0.3) is 0 Å². The minimum absolute atomic E-state index is 0.151. The monoisotopic (exact) mass is 404 g/mol. The van der Waals surface area contributed by atoms with Crippen molar-refractivity contribution in [1.29, 1.82) is 0 Å². The lowest BCUT2D eigenvalue weighted by Gasteiger charge is -2.36. The third kappa shape index (κ3) is 2.56. The molecule has 108 valence electrons. The molecule has 2 atom stereocenters. The number of rotatable bonds is 2. The lowest BCUT2D eigenvalue weighted by molar-refractivity contribution is -0.133. The lowest BCUT2D eigenvalue weighted by Crippen LogP contribution is -2.61. The fraction of sp³-hybridized carbons (Fsp3) is 0.385. The van der Waals surface area contributed by atoms with Crippen LogP contribution in [0.15, 0.2) is 21.1 Å². The van der Waals surface area contributed by atoms with E-state index in [4.69, 9.17) is 4.74 Å². The van der Waals surface area contributed by atoms with Crippen molar-refractivity contribution < 1.29 is 14.3 Å². The number of hydrogen-bond donors (Lipinski definition) is 1. The number of benzene rings is 1. The summed E-state index contributed by atoms with van der Waals surface area (Å²) in [5.41, 5.74) is 0.615. The molecule has 5 nitrogen and oxygen atoms in total. The minimum atomic E-state index is -0.569. The zero-order valence-corrected chi connectivity index (χ0v) is 14.4. The average Bonchev–Trinajstić information content (AvgIpc) is 2.39. The number of nitrogens with zero attached hydrogens (tertiary/aromatic N) is 1. The standard InChI is InChI=1S/C13H14Br2N2O3/c1-6-13(19)17(7(2)12(18)16-6)10-5-11(20-3)9(15)4-8(10)14/h4-7H,1-3H3,(H,16,18). The van der Waals surface area contributed by atoms with Crippen LogP contribution >= 0.6 is 31.9 Å². The smallest absolute Gasteiger partial charge is 0.250 e. The normalized spacial score (nSPS) is 22.8. The number of carbonyl (C=O) groups is 2. The van der Waals surface area contributed by atoms with Crippen molar-refractivity contribution >= 4 is 49.4 Å². The van der Waals surface area contributed by atoms with Crippen molar-refractivity contribution in [2.24, 2.45) is 0 Å². The van der Waals surface area contributed by atoms with Gasteiger partial charge >= 0.3 is 0 Å². The Morgan fingerprint density at radius 1 is 1.20 bits per heavy atom. The van der Waals surface area contributed by atoms with Gasteiger partial charge in [0, 0.05) is 10.5 Å². The number of halogens is 2. The van der Waals surface area contributed by atoms with Gasteiger partial charge in [0.15, 0.2) is 0 Å². The van der Waals surface area contributed by atoms with Gasteiger partial charge in [-0.1, -0.05) is 0 Å². The van der Waals surface area contributed by atoms with Crippen molar-refractivity contribution in [3.05, 3.63) is 21.1 Å². The molecule has 0 radical (unpaired) electrons. The van der Waals surface area contributed by atoms with Gasteiger partial charge in [-0.25, -0.2) is 0 Å². The molecule has 0 saturated carbocycles. The highest BCUT2D eigenvalue weighted by Gasteiger charge is 2.37. The van der Waals surface area contributed by atoms with E-state index in [2.05, 4.69) is 37.2 Å². The lowest BCUT2D eigenvalue weighted by atomic mass is 10.1. The maximum absolute atomic E-state index is 12.4. The van der Waals surface area contributed by atoms with Crippen LogP contribution in [0.4, 0.5) is 5.69 Å². The van der Waals surface area contributed by atoms with Crippen LogP contribution in [-0.4, -0.2) is 31.0 Å². The molecule has 1 fully saturated rings. The Morgan fingerprint density at radius 2 is 1.85 bits per heavy atom. The summed E-state index contributed by atoms with van der Waals surface area (Å²) >= 11 is 6.81. The van der Waals surface area contributed by atoms with E-state index in [9.17, 15) is 9.59 Å². The summed E-state index contributed by atoms with van der Waals surface area (Å²) in [7, 11) is 1.55. The van der Waals surface area contributed by atoms with Crippen molar-refractivity contribution in [3.63, 3.8) is 0 Å². The van der Waals surface area contributed by atoms with Gasteiger partial charge in [-0.3, -0.25) is 14.5 Å². The SMILES string of the molecule is COc1cc(N2C(=O)C(C)NC(=O)C2C)c(Br)cc1Br. The van der Waals surface area contributed by atoms with Crippen molar-refractivity contribution in [1.82, 2.24) is 5.32 Å². The van der Waals surface area contributed by atoms with E-state index in [0.29, 0.717) is 15.9 Å². The summed E-state index contributed by atoms with van der Waals surface area (Å²) in [5, 5.41) is 2.65. The fourth-order valence-corrected chi connectivity index (χ4v) is 3.45. The largest absolute Gasteiger partial charge is 0.495 e. The molecule has 1 aliphatic heterocycles.